The molecule has 0 radical (unpaired) electrons. The van der Waals surface area contributed by atoms with E-state index in [0.29, 0.717) is 31.5 Å². The maximum absolute atomic E-state index is 11.7. The average molecular weight is 278 g/mol. The van der Waals surface area contributed by atoms with Gasteiger partial charge in [-0.15, -0.1) is 0 Å². The molecule has 1 aromatic carbocycles. The van der Waals surface area contributed by atoms with E-state index in [1.807, 2.05) is 0 Å². The molecule has 0 heterocycles. The van der Waals surface area contributed by atoms with Gasteiger partial charge in [0.2, 0.25) is 0 Å². The molecule has 20 heavy (non-hydrogen) atoms. The van der Waals surface area contributed by atoms with Crippen molar-refractivity contribution in [2.45, 2.75) is 25.3 Å². The van der Waals surface area contributed by atoms with E-state index < -0.39 is 11.5 Å². The highest BCUT2D eigenvalue weighted by Crippen LogP contribution is 2.27. The van der Waals surface area contributed by atoms with Crippen molar-refractivity contribution in [2.75, 3.05) is 13.1 Å². The van der Waals surface area contributed by atoms with Gasteiger partial charge in [0, 0.05) is 11.5 Å². The Morgan fingerprint density at radius 1 is 1.45 bits per heavy atom. The Hall–Kier alpha value is -2.24. The van der Waals surface area contributed by atoms with Crippen molar-refractivity contribution >= 4 is 5.97 Å². The van der Waals surface area contributed by atoms with Crippen molar-refractivity contribution in [2.24, 2.45) is 5.11 Å². The first-order valence-electron chi connectivity index (χ1n) is 6.35. The SMILES string of the molecule is CCC(NCCCN=[N+]=[N-])(C(=O)O)c1ccc(O)cc1. The summed E-state index contributed by atoms with van der Waals surface area (Å²) in [6.45, 7) is 2.51. The lowest BCUT2D eigenvalue weighted by atomic mass is 9.87. The standard InChI is InChI=1S/C13H18N4O3/c1-2-13(12(19)20,15-8-3-9-16-17-14)10-4-6-11(18)7-5-10/h4-7,15,18H,2-3,8-9H2,1H3,(H,19,20). The fourth-order valence-electron chi connectivity index (χ4n) is 2.02. The molecular weight excluding hydrogens is 260 g/mol. The second-order valence-electron chi connectivity index (χ2n) is 4.35. The van der Waals surface area contributed by atoms with Crippen LogP contribution < -0.4 is 5.32 Å². The third-order valence-corrected chi connectivity index (χ3v) is 3.18. The van der Waals surface area contributed by atoms with Crippen LogP contribution in [-0.2, 0) is 10.3 Å². The van der Waals surface area contributed by atoms with Crippen LogP contribution >= 0.6 is 0 Å². The van der Waals surface area contributed by atoms with Gasteiger partial charge in [0.1, 0.15) is 11.3 Å². The van der Waals surface area contributed by atoms with Crippen LogP contribution in [0.15, 0.2) is 29.4 Å². The molecule has 0 saturated heterocycles. The Bertz CT molecular complexity index is 497. The molecule has 0 aliphatic rings. The van der Waals surface area contributed by atoms with Crippen LogP contribution in [0.25, 0.3) is 10.4 Å². The molecule has 0 fully saturated rings. The van der Waals surface area contributed by atoms with Crippen LogP contribution in [0.5, 0.6) is 5.75 Å². The molecule has 108 valence electrons. The summed E-state index contributed by atoms with van der Waals surface area (Å²) in [5.74, 6) is -0.887. The number of benzene rings is 1. The molecule has 7 nitrogen and oxygen atoms in total. The number of carboxylic acids is 1. The minimum absolute atomic E-state index is 0.0903. The van der Waals surface area contributed by atoms with Gasteiger partial charge in [-0.3, -0.25) is 5.32 Å². The van der Waals surface area contributed by atoms with Gasteiger partial charge < -0.3 is 10.2 Å². The molecule has 0 spiro atoms. The molecule has 0 aliphatic carbocycles. The van der Waals surface area contributed by atoms with Gasteiger partial charge >= 0.3 is 5.97 Å². The molecule has 3 N–H and O–H groups in total. The number of phenolic OH excluding ortho intramolecular Hbond substituents is 1. The predicted molar refractivity (Wildman–Crippen MR) is 74.3 cm³/mol. The molecule has 0 aliphatic heterocycles. The molecule has 0 bridgehead atoms. The number of carboxylic acid groups (broad SMARTS) is 1. The van der Waals surface area contributed by atoms with E-state index in [9.17, 15) is 15.0 Å². The number of phenols is 1. The lowest BCUT2D eigenvalue weighted by molar-refractivity contribution is -0.145. The monoisotopic (exact) mass is 278 g/mol. The third kappa shape index (κ3) is 3.63. The maximum Gasteiger partial charge on any atom is 0.328 e. The number of aromatic hydroxyl groups is 1. The number of carbonyl (C=O) groups is 1. The Kier molecular flexibility index (Phi) is 5.83. The minimum atomic E-state index is -1.20. The summed E-state index contributed by atoms with van der Waals surface area (Å²) in [6, 6.07) is 6.11. The fraction of sp³-hybridized carbons (Fsp3) is 0.462. The van der Waals surface area contributed by atoms with Gasteiger partial charge in [0.15, 0.2) is 0 Å². The van der Waals surface area contributed by atoms with Crippen LogP contribution in [-0.4, -0.2) is 29.3 Å². The summed E-state index contributed by atoms with van der Waals surface area (Å²) in [7, 11) is 0. The first-order valence-corrected chi connectivity index (χ1v) is 6.35. The van der Waals surface area contributed by atoms with Crippen LogP contribution in [0.1, 0.15) is 25.3 Å². The third-order valence-electron chi connectivity index (χ3n) is 3.18. The zero-order chi connectivity index (χ0) is 15.0. The van der Waals surface area contributed by atoms with Gasteiger partial charge in [-0.25, -0.2) is 4.79 Å². The van der Waals surface area contributed by atoms with Crippen molar-refractivity contribution in [3.05, 3.63) is 40.3 Å². The summed E-state index contributed by atoms with van der Waals surface area (Å²) in [4.78, 5) is 14.3. The smallest absolute Gasteiger partial charge is 0.328 e. The van der Waals surface area contributed by atoms with Gasteiger partial charge in [0.25, 0.3) is 0 Å². The molecule has 0 amide bonds. The van der Waals surface area contributed by atoms with Crippen molar-refractivity contribution in [3.63, 3.8) is 0 Å². The Morgan fingerprint density at radius 3 is 2.60 bits per heavy atom. The van der Waals surface area contributed by atoms with Crippen molar-refractivity contribution in [3.8, 4) is 5.75 Å². The molecule has 0 aromatic heterocycles. The van der Waals surface area contributed by atoms with Gasteiger partial charge in [0.05, 0.1) is 0 Å². The van der Waals surface area contributed by atoms with Crippen molar-refractivity contribution < 1.29 is 15.0 Å². The Morgan fingerprint density at radius 2 is 2.10 bits per heavy atom. The summed E-state index contributed by atoms with van der Waals surface area (Å²) in [5.41, 5.74) is 7.56. The van der Waals surface area contributed by atoms with E-state index in [2.05, 4.69) is 15.3 Å². The van der Waals surface area contributed by atoms with Gasteiger partial charge in [-0.1, -0.05) is 24.2 Å². The van der Waals surface area contributed by atoms with E-state index in [1.165, 1.54) is 12.1 Å². The predicted octanol–water partition coefficient (Wildman–Crippen LogP) is 2.37. The number of nitrogens with one attached hydrogen (secondary N) is 1. The van der Waals surface area contributed by atoms with E-state index in [0.717, 1.165) is 0 Å². The van der Waals surface area contributed by atoms with E-state index in [-0.39, 0.29) is 5.75 Å². The van der Waals surface area contributed by atoms with Crippen LogP contribution in [0.3, 0.4) is 0 Å². The largest absolute Gasteiger partial charge is 0.508 e. The number of nitrogens with zero attached hydrogens (tertiary/aromatic N) is 3. The highest BCUT2D eigenvalue weighted by atomic mass is 16.4. The van der Waals surface area contributed by atoms with E-state index in [1.54, 1.807) is 19.1 Å². The Labute approximate surface area is 116 Å². The number of hydrogen-bond acceptors (Lipinski definition) is 4. The van der Waals surface area contributed by atoms with Crippen LogP contribution in [0, 0.1) is 0 Å². The van der Waals surface area contributed by atoms with Gasteiger partial charge in [-0.05, 0) is 42.6 Å². The summed E-state index contributed by atoms with van der Waals surface area (Å²) < 4.78 is 0. The van der Waals surface area contributed by atoms with Crippen molar-refractivity contribution in [1.82, 2.24) is 5.32 Å². The van der Waals surface area contributed by atoms with Crippen LogP contribution in [0.2, 0.25) is 0 Å². The van der Waals surface area contributed by atoms with E-state index >= 15 is 0 Å². The highest BCUT2D eigenvalue weighted by Gasteiger charge is 2.37. The fourth-order valence-corrected chi connectivity index (χ4v) is 2.02. The zero-order valence-electron chi connectivity index (χ0n) is 11.3. The van der Waals surface area contributed by atoms with Crippen molar-refractivity contribution in [1.29, 1.82) is 0 Å². The lowest BCUT2D eigenvalue weighted by Gasteiger charge is -2.30. The zero-order valence-corrected chi connectivity index (χ0v) is 11.3. The van der Waals surface area contributed by atoms with E-state index in [4.69, 9.17) is 5.53 Å². The minimum Gasteiger partial charge on any atom is -0.508 e. The molecule has 1 rings (SSSR count). The Balaban J connectivity index is 2.88. The summed E-state index contributed by atoms with van der Waals surface area (Å²) in [5, 5.41) is 25.3. The normalized spacial score (nSPS) is 13.2. The number of rotatable bonds is 8. The molecule has 1 atom stereocenters. The van der Waals surface area contributed by atoms with Crippen LogP contribution in [0.4, 0.5) is 0 Å². The number of aliphatic carboxylic acids is 1. The topological polar surface area (TPSA) is 118 Å². The number of hydrogen-bond donors (Lipinski definition) is 3. The average Bonchev–Trinajstić information content (AvgIpc) is 2.44. The first-order chi connectivity index (χ1) is 9.56. The first kappa shape index (κ1) is 15.8. The second kappa shape index (κ2) is 7.37. The second-order valence-corrected chi connectivity index (χ2v) is 4.35. The molecule has 7 heteroatoms. The molecule has 0 saturated carbocycles. The molecular formula is C13H18N4O3. The van der Waals surface area contributed by atoms with Gasteiger partial charge in [-0.2, -0.15) is 0 Å². The summed E-state index contributed by atoms with van der Waals surface area (Å²) >= 11 is 0. The summed E-state index contributed by atoms with van der Waals surface area (Å²) in [6.07, 6.45) is 0.909. The quantitative estimate of drug-likeness (QED) is 0.293. The number of azide groups is 1. The lowest BCUT2D eigenvalue weighted by Crippen LogP contribution is -2.49. The highest BCUT2D eigenvalue weighted by molar-refractivity contribution is 5.80. The maximum atomic E-state index is 11.7. The molecule has 1 unspecified atom stereocenters. The molecule has 1 aromatic rings.